The molecule has 5 heteroatoms. The zero-order valence-corrected chi connectivity index (χ0v) is 12.9. The van der Waals surface area contributed by atoms with Crippen LogP contribution in [-0.2, 0) is 10.8 Å². The minimum Gasteiger partial charge on any atom is -0.306 e. The maximum Gasteiger partial charge on any atom is 0.0900 e. The third-order valence-electron chi connectivity index (χ3n) is 2.72. The van der Waals surface area contributed by atoms with Gasteiger partial charge >= 0.3 is 0 Å². The maximum absolute atomic E-state index is 11.0. The Balaban J connectivity index is 2.51. The molecule has 1 aromatic rings. The molecule has 1 N–H and O–H groups in total. The lowest BCUT2D eigenvalue weighted by molar-refractivity contribution is 0.463. The van der Waals surface area contributed by atoms with E-state index in [1.54, 1.807) is 17.6 Å². The molecule has 0 aliphatic rings. The Hall–Kier alpha value is -0.260. The molecular formula is C12H22N2OS2. The highest BCUT2D eigenvalue weighted by atomic mass is 32.2. The minimum atomic E-state index is -0.699. The van der Waals surface area contributed by atoms with Crippen molar-refractivity contribution in [2.24, 2.45) is 0 Å². The fourth-order valence-corrected chi connectivity index (χ4v) is 3.48. The van der Waals surface area contributed by atoms with Gasteiger partial charge in [0.1, 0.15) is 0 Å². The first kappa shape index (κ1) is 14.8. The monoisotopic (exact) mass is 274 g/mol. The highest BCUT2D eigenvalue weighted by Crippen LogP contribution is 2.22. The van der Waals surface area contributed by atoms with E-state index in [1.807, 2.05) is 6.92 Å². The number of nitrogens with one attached hydrogen (secondary N) is 1. The fourth-order valence-electron chi connectivity index (χ4n) is 1.88. The molecule has 98 valence electrons. The van der Waals surface area contributed by atoms with Gasteiger partial charge in [-0.1, -0.05) is 0 Å². The van der Waals surface area contributed by atoms with Crippen molar-refractivity contribution < 1.29 is 4.21 Å². The zero-order valence-electron chi connectivity index (χ0n) is 11.2. The van der Waals surface area contributed by atoms with Crippen LogP contribution in [0.1, 0.15) is 41.9 Å². The lowest BCUT2D eigenvalue weighted by atomic mass is 10.1. The third kappa shape index (κ3) is 4.85. The van der Waals surface area contributed by atoms with Crippen molar-refractivity contribution in [3.8, 4) is 0 Å². The average molecular weight is 274 g/mol. The van der Waals surface area contributed by atoms with Gasteiger partial charge in [-0.25, -0.2) is 4.98 Å². The Morgan fingerprint density at radius 3 is 2.53 bits per heavy atom. The van der Waals surface area contributed by atoms with Crippen LogP contribution in [0.25, 0.3) is 0 Å². The molecule has 0 aliphatic carbocycles. The summed E-state index contributed by atoms with van der Waals surface area (Å²) in [5.41, 5.74) is 1.15. The van der Waals surface area contributed by atoms with Crippen LogP contribution >= 0.6 is 11.3 Å². The van der Waals surface area contributed by atoms with Gasteiger partial charge in [0.25, 0.3) is 0 Å². The van der Waals surface area contributed by atoms with Gasteiger partial charge in [0, 0.05) is 39.8 Å². The van der Waals surface area contributed by atoms with Gasteiger partial charge in [-0.15, -0.1) is 11.3 Å². The second kappa shape index (κ2) is 6.61. The minimum absolute atomic E-state index is 0.264. The summed E-state index contributed by atoms with van der Waals surface area (Å²) < 4.78 is 11.0. The van der Waals surface area contributed by atoms with Crippen LogP contribution in [0.2, 0.25) is 0 Å². The molecule has 0 saturated carbocycles. The van der Waals surface area contributed by atoms with Crippen LogP contribution in [0.3, 0.4) is 0 Å². The second-order valence-corrected chi connectivity index (χ2v) is 7.49. The molecule has 17 heavy (non-hydrogen) atoms. The molecule has 3 unspecified atom stereocenters. The van der Waals surface area contributed by atoms with E-state index < -0.39 is 10.8 Å². The van der Waals surface area contributed by atoms with Gasteiger partial charge in [-0.05, 0) is 34.1 Å². The van der Waals surface area contributed by atoms with E-state index >= 15 is 0 Å². The van der Waals surface area contributed by atoms with Crippen molar-refractivity contribution in [1.82, 2.24) is 10.3 Å². The van der Waals surface area contributed by atoms with Crippen LogP contribution in [0.4, 0.5) is 0 Å². The van der Waals surface area contributed by atoms with Gasteiger partial charge in [0.15, 0.2) is 0 Å². The van der Waals surface area contributed by atoms with Crippen LogP contribution < -0.4 is 5.32 Å². The number of thiazole rings is 1. The first-order chi connectivity index (χ1) is 7.90. The number of hydrogen-bond donors (Lipinski definition) is 1. The molecule has 0 bridgehead atoms. The first-order valence-corrected chi connectivity index (χ1v) is 8.44. The molecular weight excluding hydrogens is 252 g/mol. The summed E-state index contributed by atoms with van der Waals surface area (Å²) in [5.74, 6) is 0.760. The number of aromatic nitrogens is 1. The fraction of sp³-hybridized carbons (Fsp3) is 0.750. The molecule has 3 atom stereocenters. The van der Waals surface area contributed by atoms with Gasteiger partial charge in [0.2, 0.25) is 0 Å². The summed E-state index contributed by atoms with van der Waals surface area (Å²) in [6.45, 7) is 8.43. The molecule has 0 amide bonds. The lowest BCUT2D eigenvalue weighted by Crippen LogP contribution is -2.30. The van der Waals surface area contributed by atoms with Crippen molar-refractivity contribution in [2.45, 2.75) is 46.2 Å². The van der Waals surface area contributed by atoms with E-state index in [1.165, 1.54) is 4.88 Å². The molecule has 0 aliphatic heterocycles. The Bertz CT molecular complexity index is 390. The third-order valence-corrected chi connectivity index (χ3v) is 4.44. The topological polar surface area (TPSA) is 42.0 Å². The van der Waals surface area contributed by atoms with E-state index in [-0.39, 0.29) is 6.04 Å². The number of nitrogens with zero attached hydrogens (tertiary/aromatic N) is 1. The zero-order chi connectivity index (χ0) is 13.0. The van der Waals surface area contributed by atoms with Gasteiger partial charge < -0.3 is 5.32 Å². The molecule has 0 radical (unpaired) electrons. The van der Waals surface area contributed by atoms with Crippen LogP contribution in [0.15, 0.2) is 0 Å². The largest absolute Gasteiger partial charge is 0.306 e. The molecule has 1 aromatic heterocycles. The van der Waals surface area contributed by atoms with E-state index in [4.69, 9.17) is 0 Å². The maximum atomic E-state index is 11.0. The van der Waals surface area contributed by atoms with E-state index in [0.29, 0.717) is 6.04 Å². The molecule has 0 fully saturated rings. The summed E-state index contributed by atoms with van der Waals surface area (Å²) in [5, 5.41) is 4.63. The molecule has 1 heterocycles. The molecule has 3 nitrogen and oxygen atoms in total. The van der Waals surface area contributed by atoms with Gasteiger partial charge in [0.05, 0.1) is 10.7 Å². The molecule has 0 saturated heterocycles. The van der Waals surface area contributed by atoms with Crippen LogP contribution in [-0.4, -0.2) is 27.2 Å². The Morgan fingerprint density at radius 1 is 1.41 bits per heavy atom. The average Bonchev–Trinajstić information content (AvgIpc) is 2.55. The molecule has 1 rings (SSSR count). The van der Waals surface area contributed by atoms with Crippen molar-refractivity contribution in [2.75, 3.05) is 12.0 Å². The van der Waals surface area contributed by atoms with E-state index in [0.717, 1.165) is 22.9 Å². The number of hydrogen-bond acceptors (Lipinski definition) is 4. The summed E-state index contributed by atoms with van der Waals surface area (Å²) in [4.78, 5) is 5.84. The highest BCUT2D eigenvalue weighted by molar-refractivity contribution is 7.84. The summed E-state index contributed by atoms with van der Waals surface area (Å²) in [7, 11) is -0.699. The smallest absolute Gasteiger partial charge is 0.0900 e. The lowest BCUT2D eigenvalue weighted by Gasteiger charge is -2.19. The summed E-state index contributed by atoms with van der Waals surface area (Å²) in [6, 6.07) is 0.635. The molecule has 0 spiro atoms. The van der Waals surface area contributed by atoms with E-state index in [2.05, 4.69) is 31.1 Å². The highest BCUT2D eigenvalue weighted by Gasteiger charge is 2.15. The van der Waals surface area contributed by atoms with Gasteiger partial charge in [-0.2, -0.15) is 0 Å². The quantitative estimate of drug-likeness (QED) is 0.867. The van der Waals surface area contributed by atoms with Crippen LogP contribution in [0, 0.1) is 13.8 Å². The van der Waals surface area contributed by atoms with Crippen molar-refractivity contribution in [3.63, 3.8) is 0 Å². The predicted octanol–water partition coefficient (Wildman–Crippen LogP) is 2.57. The normalized spacial score (nSPS) is 16.8. The van der Waals surface area contributed by atoms with Crippen molar-refractivity contribution in [1.29, 1.82) is 0 Å². The Morgan fingerprint density at radius 2 is 2.06 bits per heavy atom. The van der Waals surface area contributed by atoms with Gasteiger partial charge in [-0.3, -0.25) is 4.21 Å². The summed E-state index contributed by atoms with van der Waals surface area (Å²) in [6.07, 6.45) is 2.69. The standard InChI is InChI=1S/C12H22N2OS2/c1-8(6-7-17(5)15)13-9(2)12-10(3)16-11(4)14-12/h8-9,13H,6-7H2,1-5H3. The van der Waals surface area contributed by atoms with Crippen molar-refractivity contribution >= 4 is 22.1 Å². The molecule has 0 aromatic carbocycles. The predicted molar refractivity (Wildman–Crippen MR) is 76.2 cm³/mol. The Kier molecular flexibility index (Phi) is 5.76. The second-order valence-electron chi connectivity index (χ2n) is 4.53. The Labute approximate surface area is 111 Å². The van der Waals surface area contributed by atoms with E-state index in [9.17, 15) is 4.21 Å². The van der Waals surface area contributed by atoms with Crippen LogP contribution in [0.5, 0.6) is 0 Å². The van der Waals surface area contributed by atoms with Crippen molar-refractivity contribution in [3.05, 3.63) is 15.6 Å². The number of rotatable bonds is 6. The summed E-state index contributed by atoms with van der Waals surface area (Å²) >= 11 is 1.74. The number of aryl methyl sites for hydroxylation is 2. The SMILES string of the molecule is Cc1nc(C(C)NC(C)CCS(C)=O)c(C)s1. The first-order valence-electron chi connectivity index (χ1n) is 5.90.